The van der Waals surface area contributed by atoms with Crippen molar-refractivity contribution in [1.82, 2.24) is 4.90 Å². The van der Waals surface area contributed by atoms with Gasteiger partial charge in [0.25, 0.3) is 0 Å². The summed E-state index contributed by atoms with van der Waals surface area (Å²) < 4.78 is 0. The fraction of sp³-hybridized carbons (Fsp3) is 0.474. The summed E-state index contributed by atoms with van der Waals surface area (Å²) in [5, 5.41) is 9.39. The summed E-state index contributed by atoms with van der Waals surface area (Å²) in [5.41, 5.74) is 0.976. The Morgan fingerprint density at radius 3 is 2.26 bits per heavy atom. The highest BCUT2D eigenvalue weighted by Gasteiger charge is 2.36. The molecule has 1 saturated carbocycles. The van der Waals surface area contributed by atoms with Crippen LogP contribution in [-0.4, -0.2) is 35.0 Å². The Hall–Kier alpha value is -2.10. The van der Waals surface area contributed by atoms with E-state index in [1.807, 2.05) is 35.2 Å². The summed E-state index contributed by atoms with van der Waals surface area (Å²) in [6.07, 6.45) is 6.52. The van der Waals surface area contributed by atoms with Crippen molar-refractivity contribution in [2.45, 2.75) is 32.1 Å². The lowest BCUT2D eigenvalue weighted by Gasteiger charge is -2.22. The molecule has 1 aromatic rings. The Morgan fingerprint density at radius 2 is 1.70 bits per heavy atom. The molecule has 122 valence electrons. The number of hydrogen-bond acceptors (Lipinski definition) is 2. The third-order valence-electron chi connectivity index (χ3n) is 5.09. The van der Waals surface area contributed by atoms with Gasteiger partial charge in [-0.3, -0.25) is 4.79 Å². The largest absolute Gasteiger partial charge is 0.478 e. The average Bonchev–Trinajstić information content (AvgIpc) is 2.99. The standard InChI is InChI=1S/C19H23NO3/c21-18(20-12-15-8-4-5-9-16(15)13-20)11-17(19(22)23)10-14-6-2-1-3-7-14/h1-3,6-7,10,15-16H,4-5,8-9,11-13H2,(H,22,23)/t15-,16-/m1/s1. The van der Waals surface area contributed by atoms with Gasteiger partial charge in [0, 0.05) is 18.7 Å². The summed E-state index contributed by atoms with van der Waals surface area (Å²) in [4.78, 5) is 25.9. The van der Waals surface area contributed by atoms with Crippen molar-refractivity contribution in [3.8, 4) is 0 Å². The van der Waals surface area contributed by atoms with E-state index < -0.39 is 5.97 Å². The van der Waals surface area contributed by atoms with Crippen LogP contribution >= 0.6 is 0 Å². The average molecular weight is 313 g/mol. The molecule has 1 aliphatic carbocycles. The predicted octanol–water partition coefficient (Wildman–Crippen LogP) is 3.19. The molecule has 4 nitrogen and oxygen atoms in total. The SMILES string of the molecule is O=C(O)C(=Cc1ccccc1)CC(=O)N1C[C@H]2CCCC[C@@H]2C1. The monoisotopic (exact) mass is 313 g/mol. The first kappa shape index (κ1) is 15.8. The highest BCUT2D eigenvalue weighted by atomic mass is 16.4. The van der Waals surface area contributed by atoms with E-state index in [0.717, 1.165) is 18.7 Å². The van der Waals surface area contributed by atoms with Crippen LogP contribution in [-0.2, 0) is 9.59 Å². The highest BCUT2D eigenvalue weighted by molar-refractivity contribution is 5.98. The van der Waals surface area contributed by atoms with Gasteiger partial charge in [0.2, 0.25) is 5.91 Å². The van der Waals surface area contributed by atoms with Crippen molar-refractivity contribution < 1.29 is 14.7 Å². The molecule has 1 aliphatic heterocycles. The number of carbonyl (C=O) groups is 2. The summed E-state index contributed by atoms with van der Waals surface area (Å²) in [6, 6.07) is 9.29. The van der Waals surface area contributed by atoms with Crippen LogP contribution in [0.4, 0.5) is 0 Å². The number of carboxylic acids is 1. The number of amides is 1. The molecule has 1 aromatic carbocycles. The number of rotatable bonds is 4. The maximum atomic E-state index is 12.5. The molecule has 3 rings (SSSR count). The molecule has 1 heterocycles. The molecular weight excluding hydrogens is 290 g/mol. The molecule has 23 heavy (non-hydrogen) atoms. The number of likely N-dealkylation sites (tertiary alicyclic amines) is 1. The lowest BCUT2D eigenvalue weighted by molar-refractivity contribution is -0.136. The van der Waals surface area contributed by atoms with Crippen LogP contribution in [0.5, 0.6) is 0 Å². The molecule has 0 spiro atoms. The van der Waals surface area contributed by atoms with Crippen molar-refractivity contribution >= 4 is 18.0 Å². The van der Waals surface area contributed by atoms with Crippen LogP contribution in [0.1, 0.15) is 37.7 Å². The highest BCUT2D eigenvalue weighted by Crippen LogP contribution is 2.36. The molecule has 4 heteroatoms. The second-order valence-electron chi connectivity index (χ2n) is 6.67. The van der Waals surface area contributed by atoms with Crippen LogP contribution in [0.15, 0.2) is 35.9 Å². The van der Waals surface area contributed by atoms with Crippen LogP contribution in [0.2, 0.25) is 0 Å². The van der Waals surface area contributed by atoms with Gasteiger partial charge in [0.05, 0.1) is 6.42 Å². The zero-order valence-corrected chi connectivity index (χ0v) is 13.3. The lowest BCUT2D eigenvalue weighted by atomic mass is 9.82. The van der Waals surface area contributed by atoms with Crippen LogP contribution in [0.3, 0.4) is 0 Å². The Morgan fingerprint density at radius 1 is 1.09 bits per heavy atom. The Balaban J connectivity index is 1.67. The normalized spacial score (nSPS) is 24.3. The third kappa shape index (κ3) is 3.81. The number of aliphatic carboxylic acids is 1. The van der Waals surface area contributed by atoms with Crippen molar-refractivity contribution in [3.63, 3.8) is 0 Å². The number of hydrogen-bond donors (Lipinski definition) is 1. The van der Waals surface area contributed by atoms with Crippen molar-refractivity contribution in [2.75, 3.05) is 13.1 Å². The third-order valence-corrected chi connectivity index (χ3v) is 5.09. The maximum absolute atomic E-state index is 12.5. The van der Waals surface area contributed by atoms with E-state index >= 15 is 0 Å². The zero-order valence-electron chi connectivity index (χ0n) is 13.3. The summed E-state index contributed by atoms with van der Waals surface area (Å²) in [6.45, 7) is 1.61. The molecule has 0 unspecified atom stereocenters. The second-order valence-corrected chi connectivity index (χ2v) is 6.67. The van der Waals surface area contributed by atoms with Crippen LogP contribution < -0.4 is 0 Å². The Bertz CT molecular complexity index is 594. The minimum absolute atomic E-state index is 0.0241. The summed E-state index contributed by atoms with van der Waals surface area (Å²) in [5.74, 6) is 0.181. The van der Waals surface area contributed by atoms with Crippen LogP contribution in [0, 0.1) is 11.8 Å². The van der Waals surface area contributed by atoms with E-state index in [2.05, 4.69) is 0 Å². The zero-order chi connectivity index (χ0) is 16.2. The Labute approximate surface area is 136 Å². The molecule has 0 aromatic heterocycles. The van der Waals surface area contributed by atoms with Gasteiger partial charge in [0.1, 0.15) is 0 Å². The molecule has 1 amide bonds. The second kappa shape index (κ2) is 6.99. The molecule has 0 bridgehead atoms. The van der Waals surface area contributed by atoms with E-state index in [1.165, 1.54) is 25.7 Å². The smallest absolute Gasteiger partial charge is 0.332 e. The first-order chi connectivity index (χ1) is 11.1. The minimum atomic E-state index is -1.01. The first-order valence-corrected chi connectivity index (χ1v) is 8.40. The molecular formula is C19H23NO3. The number of fused-ring (bicyclic) bond motifs is 1. The summed E-state index contributed by atoms with van der Waals surface area (Å²) in [7, 11) is 0. The van der Waals surface area contributed by atoms with Gasteiger partial charge in [-0.05, 0) is 36.3 Å². The summed E-state index contributed by atoms with van der Waals surface area (Å²) >= 11 is 0. The van der Waals surface area contributed by atoms with Gasteiger partial charge in [0.15, 0.2) is 0 Å². The Kier molecular flexibility index (Phi) is 4.79. The fourth-order valence-electron chi connectivity index (χ4n) is 3.82. The number of carbonyl (C=O) groups excluding carboxylic acids is 1. The molecule has 1 saturated heterocycles. The van der Waals surface area contributed by atoms with Gasteiger partial charge in [-0.1, -0.05) is 43.2 Å². The van der Waals surface area contributed by atoms with Gasteiger partial charge in [-0.15, -0.1) is 0 Å². The topological polar surface area (TPSA) is 57.6 Å². The van der Waals surface area contributed by atoms with Crippen LogP contribution in [0.25, 0.3) is 6.08 Å². The fourth-order valence-corrected chi connectivity index (χ4v) is 3.82. The lowest BCUT2D eigenvalue weighted by Crippen LogP contribution is -2.29. The number of benzene rings is 1. The van der Waals surface area contributed by atoms with E-state index in [1.54, 1.807) is 6.08 Å². The van der Waals surface area contributed by atoms with E-state index in [9.17, 15) is 14.7 Å². The van der Waals surface area contributed by atoms with Gasteiger partial charge >= 0.3 is 5.97 Å². The van der Waals surface area contributed by atoms with Crippen molar-refractivity contribution in [2.24, 2.45) is 11.8 Å². The quantitative estimate of drug-likeness (QED) is 0.869. The molecule has 0 radical (unpaired) electrons. The maximum Gasteiger partial charge on any atom is 0.332 e. The van der Waals surface area contributed by atoms with E-state index in [-0.39, 0.29) is 17.9 Å². The molecule has 2 fully saturated rings. The predicted molar refractivity (Wildman–Crippen MR) is 88.7 cm³/mol. The molecule has 2 atom stereocenters. The van der Waals surface area contributed by atoms with Gasteiger partial charge < -0.3 is 10.0 Å². The van der Waals surface area contributed by atoms with Gasteiger partial charge in [-0.25, -0.2) is 4.79 Å². The molecule has 2 aliphatic rings. The minimum Gasteiger partial charge on any atom is -0.478 e. The van der Waals surface area contributed by atoms with E-state index in [4.69, 9.17) is 0 Å². The van der Waals surface area contributed by atoms with Crippen molar-refractivity contribution in [1.29, 1.82) is 0 Å². The van der Waals surface area contributed by atoms with Crippen molar-refractivity contribution in [3.05, 3.63) is 41.5 Å². The molecule has 1 N–H and O–H groups in total. The van der Waals surface area contributed by atoms with E-state index in [0.29, 0.717) is 11.8 Å². The van der Waals surface area contributed by atoms with Gasteiger partial charge in [-0.2, -0.15) is 0 Å². The number of carboxylic acid groups (broad SMARTS) is 1. The first-order valence-electron chi connectivity index (χ1n) is 8.40. The number of nitrogens with zero attached hydrogens (tertiary/aromatic N) is 1.